The van der Waals surface area contributed by atoms with Crippen molar-refractivity contribution in [3.8, 4) is 0 Å². The lowest BCUT2D eigenvalue weighted by atomic mass is 10.0. The van der Waals surface area contributed by atoms with Crippen LogP contribution in [-0.4, -0.2) is 11.7 Å². The molecule has 1 heteroatoms. The molecule has 0 fully saturated rings. The third-order valence-electron chi connectivity index (χ3n) is 4.12. The zero-order chi connectivity index (χ0) is 14.5. The smallest absolute Gasteiger partial charge is 0.0431 e. The molecule has 1 rings (SSSR count). The molecular weight excluding hydrogens is 244 g/mol. The fraction of sp³-hybridized carbons (Fsp3) is 0.684. The maximum absolute atomic E-state index is 8.69. The van der Waals surface area contributed by atoms with Crippen LogP contribution in [0.3, 0.4) is 0 Å². The first-order valence-corrected chi connectivity index (χ1v) is 8.50. The average molecular weight is 276 g/mol. The SMILES string of the molecule is Cc1ccccc1CCCCCCCCCCCCO. The Kier molecular flexibility index (Phi) is 10.3. The predicted octanol–water partition coefficient (Wildman–Crippen LogP) is 5.43. The second-order valence-corrected chi connectivity index (χ2v) is 5.94. The van der Waals surface area contributed by atoms with Crippen LogP contribution in [0.1, 0.15) is 75.3 Å². The summed E-state index contributed by atoms with van der Waals surface area (Å²) in [5.74, 6) is 0. The Morgan fingerprint density at radius 1 is 0.700 bits per heavy atom. The number of aryl methyl sites for hydroxylation is 2. The maximum Gasteiger partial charge on any atom is 0.0431 e. The van der Waals surface area contributed by atoms with Crippen molar-refractivity contribution in [2.24, 2.45) is 0 Å². The third-order valence-corrected chi connectivity index (χ3v) is 4.12. The minimum Gasteiger partial charge on any atom is -0.396 e. The van der Waals surface area contributed by atoms with E-state index in [0.717, 1.165) is 6.42 Å². The minimum absolute atomic E-state index is 0.362. The summed E-state index contributed by atoms with van der Waals surface area (Å²) in [4.78, 5) is 0. The molecular formula is C19H32O. The fourth-order valence-electron chi connectivity index (χ4n) is 2.73. The highest BCUT2D eigenvalue weighted by Crippen LogP contribution is 2.14. The standard InChI is InChI=1S/C19H32O/c1-18-14-11-12-16-19(18)15-10-8-6-4-2-3-5-7-9-13-17-20/h11-12,14,16,20H,2-10,13,15,17H2,1H3. The number of hydrogen-bond donors (Lipinski definition) is 1. The number of benzene rings is 1. The summed E-state index contributed by atoms with van der Waals surface area (Å²) in [6, 6.07) is 8.76. The highest BCUT2D eigenvalue weighted by molar-refractivity contribution is 5.25. The van der Waals surface area contributed by atoms with E-state index in [2.05, 4.69) is 31.2 Å². The van der Waals surface area contributed by atoms with Crippen molar-refractivity contribution < 1.29 is 5.11 Å². The van der Waals surface area contributed by atoms with Gasteiger partial charge in [0, 0.05) is 6.61 Å². The second-order valence-electron chi connectivity index (χ2n) is 5.94. The largest absolute Gasteiger partial charge is 0.396 e. The lowest BCUT2D eigenvalue weighted by Gasteiger charge is -2.05. The van der Waals surface area contributed by atoms with Crippen molar-refractivity contribution in [3.63, 3.8) is 0 Å². The van der Waals surface area contributed by atoms with E-state index in [9.17, 15) is 0 Å². The van der Waals surface area contributed by atoms with Crippen LogP contribution in [0.2, 0.25) is 0 Å². The third kappa shape index (κ3) is 8.37. The molecule has 0 saturated heterocycles. The molecule has 1 aromatic carbocycles. The van der Waals surface area contributed by atoms with Gasteiger partial charge >= 0.3 is 0 Å². The van der Waals surface area contributed by atoms with Gasteiger partial charge in [0.1, 0.15) is 0 Å². The molecule has 0 saturated carbocycles. The Balaban J connectivity index is 1.87. The molecule has 114 valence electrons. The van der Waals surface area contributed by atoms with Crippen molar-refractivity contribution in [1.29, 1.82) is 0 Å². The summed E-state index contributed by atoms with van der Waals surface area (Å²) in [5, 5.41) is 8.69. The van der Waals surface area contributed by atoms with Crippen molar-refractivity contribution >= 4 is 0 Å². The summed E-state index contributed by atoms with van der Waals surface area (Å²) >= 11 is 0. The van der Waals surface area contributed by atoms with Crippen LogP contribution in [0.25, 0.3) is 0 Å². The number of hydrogen-bond acceptors (Lipinski definition) is 1. The van der Waals surface area contributed by atoms with Gasteiger partial charge < -0.3 is 5.11 Å². The fourth-order valence-corrected chi connectivity index (χ4v) is 2.73. The lowest BCUT2D eigenvalue weighted by Crippen LogP contribution is -1.89. The molecule has 0 amide bonds. The summed E-state index contributed by atoms with van der Waals surface area (Å²) < 4.78 is 0. The average Bonchev–Trinajstić information content (AvgIpc) is 2.46. The Hall–Kier alpha value is -0.820. The molecule has 0 radical (unpaired) electrons. The Morgan fingerprint density at radius 3 is 1.75 bits per heavy atom. The van der Waals surface area contributed by atoms with Gasteiger partial charge in [0.2, 0.25) is 0 Å². The van der Waals surface area contributed by atoms with Gasteiger partial charge in [0.25, 0.3) is 0 Å². The minimum atomic E-state index is 0.362. The normalized spacial score (nSPS) is 10.9. The Morgan fingerprint density at radius 2 is 1.20 bits per heavy atom. The van der Waals surface area contributed by atoms with E-state index in [1.165, 1.54) is 75.3 Å². The Bertz CT molecular complexity index is 332. The van der Waals surface area contributed by atoms with Gasteiger partial charge in [-0.15, -0.1) is 0 Å². The van der Waals surface area contributed by atoms with E-state index in [1.54, 1.807) is 0 Å². The van der Waals surface area contributed by atoms with Crippen molar-refractivity contribution in [2.45, 2.75) is 77.6 Å². The zero-order valence-electron chi connectivity index (χ0n) is 13.2. The number of rotatable bonds is 12. The van der Waals surface area contributed by atoms with E-state index in [4.69, 9.17) is 5.11 Å². The van der Waals surface area contributed by atoms with Crippen LogP contribution < -0.4 is 0 Å². The summed E-state index contributed by atoms with van der Waals surface area (Å²) in [7, 11) is 0. The molecule has 0 aromatic heterocycles. The van der Waals surface area contributed by atoms with Gasteiger partial charge in [-0.2, -0.15) is 0 Å². The van der Waals surface area contributed by atoms with E-state index >= 15 is 0 Å². The number of aliphatic hydroxyl groups is 1. The van der Waals surface area contributed by atoms with Crippen LogP contribution in [0.15, 0.2) is 24.3 Å². The summed E-state index contributed by atoms with van der Waals surface area (Å²) in [6.45, 7) is 2.58. The van der Waals surface area contributed by atoms with Crippen LogP contribution >= 0.6 is 0 Å². The highest BCUT2D eigenvalue weighted by atomic mass is 16.2. The van der Waals surface area contributed by atoms with Crippen molar-refractivity contribution in [2.75, 3.05) is 6.61 Å². The van der Waals surface area contributed by atoms with Gasteiger partial charge in [-0.25, -0.2) is 0 Å². The van der Waals surface area contributed by atoms with Crippen LogP contribution in [0, 0.1) is 6.92 Å². The molecule has 0 aliphatic heterocycles. The van der Waals surface area contributed by atoms with Crippen LogP contribution in [-0.2, 0) is 6.42 Å². The maximum atomic E-state index is 8.69. The molecule has 1 aromatic rings. The topological polar surface area (TPSA) is 20.2 Å². The highest BCUT2D eigenvalue weighted by Gasteiger charge is 1.97. The summed E-state index contributed by atoms with van der Waals surface area (Å²) in [5.41, 5.74) is 2.96. The number of unbranched alkanes of at least 4 members (excludes halogenated alkanes) is 9. The molecule has 20 heavy (non-hydrogen) atoms. The first-order valence-electron chi connectivity index (χ1n) is 8.50. The molecule has 0 aliphatic rings. The van der Waals surface area contributed by atoms with Crippen LogP contribution in [0.4, 0.5) is 0 Å². The molecule has 0 bridgehead atoms. The molecule has 1 nitrogen and oxygen atoms in total. The molecule has 0 unspecified atom stereocenters. The van der Waals surface area contributed by atoms with E-state index < -0.39 is 0 Å². The monoisotopic (exact) mass is 276 g/mol. The van der Waals surface area contributed by atoms with E-state index in [0.29, 0.717) is 6.61 Å². The van der Waals surface area contributed by atoms with Gasteiger partial charge in [-0.3, -0.25) is 0 Å². The van der Waals surface area contributed by atoms with E-state index in [1.807, 2.05) is 0 Å². The predicted molar refractivity (Wildman–Crippen MR) is 88.1 cm³/mol. The van der Waals surface area contributed by atoms with E-state index in [-0.39, 0.29) is 0 Å². The quantitative estimate of drug-likeness (QED) is 0.505. The van der Waals surface area contributed by atoms with Gasteiger partial charge in [-0.05, 0) is 37.3 Å². The summed E-state index contributed by atoms with van der Waals surface area (Å²) in [6.07, 6.45) is 14.3. The molecule has 0 aliphatic carbocycles. The second kappa shape index (κ2) is 12.0. The van der Waals surface area contributed by atoms with Gasteiger partial charge in [0.15, 0.2) is 0 Å². The van der Waals surface area contributed by atoms with Crippen LogP contribution in [0.5, 0.6) is 0 Å². The molecule has 0 heterocycles. The molecule has 0 atom stereocenters. The van der Waals surface area contributed by atoms with Gasteiger partial charge in [-0.1, -0.05) is 75.6 Å². The lowest BCUT2D eigenvalue weighted by molar-refractivity contribution is 0.282. The number of aliphatic hydroxyl groups excluding tert-OH is 1. The Labute approximate surface area is 125 Å². The van der Waals surface area contributed by atoms with Gasteiger partial charge in [0.05, 0.1) is 0 Å². The molecule has 1 N–H and O–H groups in total. The van der Waals surface area contributed by atoms with Crippen molar-refractivity contribution in [1.82, 2.24) is 0 Å². The molecule has 0 spiro atoms. The first kappa shape index (κ1) is 17.2. The van der Waals surface area contributed by atoms with Crippen molar-refractivity contribution in [3.05, 3.63) is 35.4 Å². The first-order chi connectivity index (χ1) is 9.84. The zero-order valence-corrected chi connectivity index (χ0v) is 13.2.